The lowest BCUT2D eigenvalue weighted by Crippen LogP contribution is -2.40. The van der Waals surface area contributed by atoms with Crippen LogP contribution in [0.5, 0.6) is 11.5 Å². The van der Waals surface area contributed by atoms with Crippen LogP contribution in [0.1, 0.15) is 15.9 Å². The van der Waals surface area contributed by atoms with Crippen LogP contribution in [0.15, 0.2) is 41.3 Å². The van der Waals surface area contributed by atoms with Crippen molar-refractivity contribution in [3.05, 3.63) is 47.5 Å². The molecule has 2 aromatic rings. The van der Waals surface area contributed by atoms with E-state index >= 15 is 0 Å². The molecule has 0 saturated carbocycles. The minimum atomic E-state index is -3.71. The maximum atomic E-state index is 13.0. The van der Waals surface area contributed by atoms with Crippen LogP contribution in [0.3, 0.4) is 0 Å². The van der Waals surface area contributed by atoms with Gasteiger partial charge in [0.05, 0.1) is 38.0 Å². The first-order chi connectivity index (χ1) is 13.9. The molecule has 8 nitrogen and oxygen atoms in total. The Balaban J connectivity index is 1.88. The van der Waals surface area contributed by atoms with E-state index in [2.05, 4.69) is 5.32 Å². The summed E-state index contributed by atoms with van der Waals surface area (Å²) in [5, 5.41) is 2.76. The van der Waals surface area contributed by atoms with E-state index in [-0.39, 0.29) is 10.5 Å². The molecule has 3 rings (SSSR count). The van der Waals surface area contributed by atoms with Crippen molar-refractivity contribution in [2.45, 2.75) is 11.8 Å². The Labute approximate surface area is 170 Å². The molecule has 1 heterocycles. The Hall–Kier alpha value is -2.62. The predicted octanol–water partition coefficient (Wildman–Crippen LogP) is 2.29. The normalized spacial score (nSPS) is 15.0. The lowest BCUT2D eigenvalue weighted by atomic mass is 10.1. The number of anilines is 1. The number of hydrogen-bond donors (Lipinski definition) is 1. The van der Waals surface area contributed by atoms with Gasteiger partial charge in [-0.1, -0.05) is 6.07 Å². The van der Waals surface area contributed by atoms with Crippen molar-refractivity contribution in [3.8, 4) is 11.5 Å². The molecule has 0 unspecified atom stereocenters. The van der Waals surface area contributed by atoms with Crippen LogP contribution in [0.2, 0.25) is 0 Å². The molecule has 1 N–H and O–H groups in total. The molecule has 0 bridgehead atoms. The Morgan fingerprint density at radius 1 is 1.07 bits per heavy atom. The highest BCUT2D eigenvalue weighted by molar-refractivity contribution is 7.89. The van der Waals surface area contributed by atoms with Crippen LogP contribution in [-0.2, 0) is 14.8 Å². The first kappa shape index (κ1) is 21.1. The molecule has 0 aliphatic carbocycles. The summed E-state index contributed by atoms with van der Waals surface area (Å²) in [5.74, 6) is 0.590. The lowest BCUT2D eigenvalue weighted by Gasteiger charge is -2.26. The Bertz CT molecular complexity index is 1000. The number of benzene rings is 2. The number of amides is 1. The Morgan fingerprint density at radius 3 is 2.45 bits per heavy atom. The molecule has 29 heavy (non-hydrogen) atoms. The summed E-state index contributed by atoms with van der Waals surface area (Å²) in [4.78, 5) is 12.9. The number of carbonyl (C=O) groups excluding carboxylic acids is 1. The second-order valence-electron chi connectivity index (χ2n) is 6.52. The molecular weight excluding hydrogens is 396 g/mol. The predicted molar refractivity (Wildman–Crippen MR) is 108 cm³/mol. The zero-order valence-corrected chi connectivity index (χ0v) is 17.4. The lowest BCUT2D eigenvalue weighted by molar-refractivity contribution is 0.0730. The maximum Gasteiger partial charge on any atom is 0.255 e. The van der Waals surface area contributed by atoms with E-state index in [0.717, 1.165) is 0 Å². The van der Waals surface area contributed by atoms with Crippen LogP contribution in [0.25, 0.3) is 0 Å². The molecule has 156 valence electrons. The highest BCUT2D eigenvalue weighted by Gasteiger charge is 2.28. The first-order valence-electron chi connectivity index (χ1n) is 9.08. The summed E-state index contributed by atoms with van der Waals surface area (Å²) < 4.78 is 43.1. The average molecular weight is 420 g/mol. The van der Waals surface area contributed by atoms with Gasteiger partial charge in [0.2, 0.25) is 10.0 Å². The SMILES string of the molecule is COc1ccc(NC(=O)c2ccc(C)c(S(=O)(=O)N3CCOCC3)c2)c(OC)c1. The third-order valence-electron chi connectivity index (χ3n) is 4.70. The van der Waals surface area contributed by atoms with Crippen molar-refractivity contribution in [1.82, 2.24) is 4.31 Å². The fourth-order valence-electron chi connectivity index (χ4n) is 3.04. The van der Waals surface area contributed by atoms with Crippen LogP contribution in [-0.4, -0.2) is 59.2 Å². The van der Waals surface area contributed by atoms with Gasteiger partial charge in [-0.3, -0.25) is 4.79 Å². The Morgan fingerprint density at radius 2 is 1.79 bits per heavy atom. The van der Waals surface area contributed by atoms with Crippen molar-refractivity contribution in [3.63, 3.8) is 0 Å². The molecule has 1 aliphatic heterocycles. The monoisotopic (exact) mass is 420 g/mol. The van der Waals surface area contributed by atoms with Crippen LogP contribution in [0.4, 0.5) is 5.69 Å². The van der Waals surface area contributed by atoms with Gasteiger partial charge in [-0.15, -0.1) is 0 Å². The second kappa shape index (κ2) is 8.81. The number of ether oxygens (including phenoxy) is 3. The van der Waals surface area contributed by atoms with Crippen LogP contribution in [0, 0.1) is 6.92 Å². The third kappa shape index (κ3) is 4.52. The molecule has 0 radical (unpaired) electrons. The van der Waals surface area contributed by atoms with Crippen molar-refractivity contribution in [2.24, 2.45) is 0 Å². The summed E-state index contributed by atoms with van der Waals surface area (Å²) in [7, 11) is -0.684. The molecule has 2 aromatic carbocycles. The van der Waals surface area contributed by atoms with Gasteiger partial charge in [0.1, 0.15) is 11.5 Å². The second-order valence-corrected chi connectivity index (χ2v) is 8.42. The summed E-state index contributed by atoms with van der Waals surface area (Å²) in [6, 6.07) is 9.65. The van der Waals surface area contributed by atoms with Gasteiger partial charge in [-0.05, 0) is 36.8 Å². The van der Waals surface area contributed by atoms with Crippen LogP contribution >= 0.6 is 0 Å². The van der Waals surface area contributed by atoms with E-state index < -0.39 is 15.9 Å². The van der Waals surface area contributed by atoms with E-state index in [0.29, 0.717) is 49.1 Å². The first-order valence-corrected chi connectivity index (χ1v) is 10.5. The number of sulfonamides is 1. The van der Waals surface area contributed by atoms with Crippen molar-refractivity contribution < 1.29 is 27.4 Å². The van der Waals surface area contributed by atoms with E-state index in [4.69, 9.17) is 14.2 Å². The standard InChI is InChI=1S/C20H24N2O6S/c1-14-4-5-15(12-19(14)29(24,25)22-8-10-28-11-9-22)20(23)21-17-7-6-16(26-2)13-18(17)27-3/h4-7,12-13H,8-11H2,1-3H3,(H,21,23). The van der Waals surface area contributed by atoms with Crippen molar-refractivity contribution in [2.75, 3.05) is 45.8 Å². The molecule has 1 saturated heterocycles. The molecular formula is C20H24N2O6S. The minimum absolute atomic E-state index is 0.119. The topological polar surface area (TPSA) is 94.2 Å². The zero-order chi connectivity index (χ0) is 21.0. The molecule has 1 aliphatic rings. The smallest absolute Gasteiger partial charge is 0.255 e. The fourth-order valence-corrected chi connectivity index (χ4v) is 4.70. The molecule has 0 aromatic heterocycles. The number of carbonyl (C=O) groups is 1. The third-order valence-corrected chi connectivity index (χ3v) is 6.74. The van der Waals surface area contributed by atoms with Crippen LogP contribution < -0.4 is 14.8 Å². The minimum Gasteiger partial charge on any atom is -0.497 e. The number of aryl methyl sites for hydroxylation is 1. The number of morpholine rings is 1. The van der Waals surface area contributed by atoms with E-state index in [9.17, 15) is 13.2 Å². The number of rotatable bonds is 6. The molecule has 1 amide bonds. The quantitative estimate of drug-likeness (QED) is 0.771. The summed E-state index contributed by atoms with van der Waals surface area (Å²) >= 11 is 0. The largest absolute Gasteiger partial charge is 0.497 e. The van der Waals surface area contributed by atoms with Crippen molar-refractivity contribution >= 4 is 21.6 Å². The number of methoxy groups -OCH3 is 2. The fraction of sp³-hybridized carbons (Fsp3) is 0.350. The highest BCUT2D eigenvalue weighted by Crippen LogP contribution is 2.30. The summed E-state index contributed by atoms with van der Waals surface area (Å²) in [6.45, 7) is 3.01. The van der Waals surface area contributed by atoms with Gasteiger partial charge < -0.3 is 19.5 Å². The van der Waals surface area contributed by atoms with Crippen molar-refractivity contribution in [1.29, 1.82) is 0 Å². The van der Waals surface area contributed by atoms with E-state index in [1.54, 1.807) is 37.3 Å². The molecule has 0 spiro atoms. The maximum absolute atomic E-state index is 13.0. The van der Waals surface area contributed by atoms with Gasteiger partial charge in [-0.25, -0.2) is 8.42 Å². The highest BCUT2D eigenvalue weighted by atomic mass is 32.2. The van der Waals surface area contributed by atoms with Gasteiger partial charge in [-0.2, -0.15) is 4.31 Å². The molecule has 0 atom stereocenters. The molecule has 1 fully saturated rings. The number of hydrogen-bond acceptors (Lipinski definition) is 6. The van der Waals surface area contributed by atoms with E-state index in [1.807, 2.05) is 0 Å². The molecule has 9 heteroatoms. The summed E-state index contributed by atoms with van der Waals surface area (Å²) in [5.41, 5.74) is 1.27. The van der Waals surface area contributed by atoms with Gasteiger partial charge >= 0.3 is 0 Å². The van der Waals surface area contributed by atoms with Gasteiger partial charge in [0.15, 0.2) is 0 Å². The van der Waals surface area contributed by atoms with E-state index in [1.165, 1.54) is 24.6 Å². The average Bonchev–Trinajstić information content (AvgIpc) is 2.74. The van der Waals surface area contributed by atoms with Gasteiger partial charge in [0.25, 0.3) is 5.91 Å². The zero-order valence-electron chi connectivity index (χ0n) is 16.6. The Kier molecular flexibility index (Phi) is 6.41. The number of nitrogens with zero attached hydrogens (tertiary/aromatic N) is 1. The van der Waals surface area contributed by atoms with Gasteiger partial charge in [0, 0.05) is 24.7 Å². The number of nitrogens with one attached hydrogen (secondary N) is 1. The summed E-state index contributed by atoms with van der Waals surface area (Å²) in [6.07, 6.45) is 0.